The Labute approximate surface area is 102 Å². The molecule has 1 amide bonds. The van der Waals surface area contributed by atoms with Gasteiger partial charge in [0, 0.05) is 0 Å². The maximum absolute atomic E-state index is 11.6. The summed E-state index contributed by atoms with van der Waals surface area (Å²) >= 11 is 0. The molecule has 0 bridgehead atoms. The molecule has 90 valence electrons. The monoisotopic (exact) mass is 231 g/mol. The minimum absolute atomic E-state index is 0.0881. The number of nitrogens with zero attached hydrogens (tertiary/aromatic N) is 1. The molecule has 2 atom stereocenters. The molecule has 1 aliphatic heterocycles. The van der Waals surface area contributed by atoms with E-state index in [1.165, 1.54) is 0 Å². The highest BCUT2D eigenvalue weighted by atomic mass is 16.5. The number of hydrogen-bond acceptors (Lipinski definition) is 2. The smallest absolute Gasteiger partial charge is 0.225 e. The van der Waals surface area contributed by atoms with E-state index in [9.17, 15) is 4.79 Å². The predicted molar refractivity (Wildman–Crippen MR) is 66.9 cm³/mol. The predicted octanol–water partition coefficient (Wildman–Crippen LogP) is 2.54. The molecular formula is C14H17NO2. The third-order valence-corrected chi connectivity index (χ3v) is 3.32. The molecule has 2 rings (SSSR count). The zero-order valence-corrected chi connectivity index (χ0v) is 10.2. The van der Waals surface area contributed by atoms with E-state index in [2.05, 4.69) is 6.58 Å². The quantitative estimate of drug-likeness (QED) is 0.588. The van der Waals surface area contributed by atoms with Gasteiger partial charge >= 0.3 is 0 Å². The summed E-state index contributed by atoms with van der Waals surface area (Å²) in [5.41, 5.74) is 1.12. The van der Waals surface area contributed by atoms with Crippen molar-refractivity contribution in [1.29, 1.82) is 0 Å². The highest BCUT2D eigenvalue weighted by Crippen LogP contribution is 2.32. The molecular weight excluding hydrogens is 214 g/mol. The Balaban J connectivity index is 2.15. The molecule has 0 aromatic heterocycles. The fraction of sp³-hybridized carbons (Fsp3) is 0.357. The summed E-state index contributed by atoms with van der Waals surface area (Å²) in [5, 5.41) is 0. The van der Waals surface area contributed by atoms with Gasteiger partial charge in [0.15, 0.2) is 0 Å². The number of β-lactam (4-membered cyclic amide) rings is 1. The Morgan fingerprint density at radius 2 is 2.12 bits per heavy atom. The van der Waals surface area contributed by atoms with Crippen LogP contribution < -0.4 is 4.74 Å². The van der Waals surface area contributed by atoms with Crippen LogP contribution in [0.3, 0.4) is 0 Å². The van der Waals surface area contributed by atoms with Crippen LogP contribution in [0.1, 0.15) is 24.9 Å². The standard InChI is InChI=1S/C14H17NO2/c1-4-12-9-14(16)15(12)10(2)11-5-7-13(17-3)8-6-11/h4-8,10,12H,1,9H2,2-3H3/t10-,12-/m0/s1. The molecule has 1 aromatic rings. The SMILES string of the molecule is C=C[C@H]1CC(=O)N1[C@@H](C)c1ccc(OC)cc1. The Bertz CT molecular complexity index is 424. The molecule has 3 nitrogen and oxygen atoms in total. The van der Waals surface area contributed by atoms with Gasteiger partial charge in [-0.25, -0.2) is 0 Å². The molecule has 3 heteroatoms. The van der Waals surface area contributed by atoms with E-state index in [-0.39, 0.29) is 18.0 Å². The maximum Gasteiger partial charge on any atom is 0.225 e. The van der Waals surface area contributed by atoms with Gasteiger partial charge in [-0.2, -0.15) is 0 Å². The lowest BCUT2D eigenvalue weighted by molar-refractivity contribution is -0.146. The molecule has 0 N–H and O–H groups in total. The van der Waals surface area contributed by atoms with Crippen LogP contribution >= 0.6 is 0 Å². The van der Waals surface area contributed by atoms with E-state index >= 15 is 0 Å². The maximum atomic E-state index is 11.6. The molecule has 0 unspecified atom stereocenters. The van der Waals surface area contributed by atoms with E-state index in [1.807, 2.05) is 42.2 Å². The zero-order valence-electron chi connectivity index (χ0n) is 10.2. The number of rotatable bonds is 4. The van der Waals surface area contributed by atoms with Gasteiger partial charge < -0.3 is 9.64 Å². The van der Waals surface area contributed by atoms with E-state index in [0.717, 1.165) is 11.3 Å². The van der Waals surface area contributed by atoms with Gasteiger partial charge in [0.1, 0.15) is 5.75 Å². The molecule has 0 radical (unpaired) electrons. The minimum atomic E-state index is 0.0881. The Morgan fingerprint density at radius 1 is 1.47 bits per heavy atom. The summed E-state index contributed by atoms with van der Waals surface area (Å²) < 4.78 is 5.12. The number of benzene rings is 1. The minimum Gasteiger partial charge on any atom is -0.497 e. The lowest BCUT2D eigenvalue weighted by Crippen LogP contribution is -2.52. The highest BCUT2D eigenvalue weighted by molar-refractivity contribution is 5.84. The fourth-order valence-corrected chi connectivity index (χ4v) is 2.20. The molecule has 1 aliphatic rings. The van der Waals surface area contributed by atoms with Crippen molar-refractivity contribution in [1.82, 2.24) is 4.90 Å². The second kappa shape index (κ2) is 4.62. The van der Waals surface area contributed by atoms with Crippen molar-refractivity contribution in [2.24, 2.45) is 0 Å². The summed E-state index contributed by atoms with van der Waals surface area (Å²) in [6.45, 7) is 5.79. The second-order valence-corrected chi connectivity index (χ2v) is 4.26. The lowest BCUT2D eigenvalue weighted by Gasteiger charge is -2.43. The number of carbonyl (C=O) groups is 1. The van der Waals surface area contributed by atoms with Gasteiger partial charge in [0.25, 0.3) is 0 Å². The first-order chi connectivity index (χ1) is 8.17. The van der Waals surface area contributed by atoms with E-state index in [1.54, 1.807) is 7.11 Å². The molecule has 0 aliphatic carbocycles. The number of ether oxygens (including phenoxy) is 1. The average molecular weight is 231 g/mol. The van der Waals surface area contributed by atoms with E-state index < -0.39 is 0 Å². The summed E-state index contributed by atoms with van der Waals surface area (Å²) in [5.74, 6) is 1.02. The first-order valence-electron chi connectivity index (χ1n) is 5.75. The lowest BCUT2D eigenvalue weighted by atomic mass is 9.95. The van der Waals surface area contributed by atoms with Gasteiger partial charge in [-0.1, -0.05) is 18.2 Å². The normalized spacial score (nSPS) is 20.7. The van der Waals surface area contributed by atoms with Gasteiger partial charge in [0.05, 0.1) is 25.6 Å². The fourth-order valence-electron chi connectivity index (χ4n) is 2.20. The second-order valence-electron chi connectivity index (χ2n) is 4.26. The topological polar surface area (TPSA) is 29.5 Å². The third kappa shape index (κ3) is 2.05. The van der Waals surface area contributed by atoms with Crippen molar-refractivity contribution in [3.63, 3.8) is 0 Å². The number of carbonyl (C=O) groups excluding carboxylic acids is 1. The summed E-state index contributed by atoms with van der Waals surface area (Å²) in [6, 6.07) is 8.09. The van der Waals surface area contributed by atoms with Gasteiger partial charge in [-0.15, -0.1) is 6.58 Å². The number of likely N-dealkylation sites (tertiary alicyclic amines) is 1. The third-order valence-electron chi connectivity index (χ3n) is 3.32. The largest absolute Gasteiger partial charge is 0.497 e. The van der Waals surface area contributed by atoms with Gasteiger partial charge in [0.2, 0.25) is 5.91 Å². The van der Waals surface area contributed by atoms with Crippen LogP contribution in [0.2, 0.25) is 0 Å². The molecule has 17 heavy (non-hydrogen) atoms. The Hall–Kier alpha value is -1.77. The number of methoxy groups -OCH3 is 1. The molecule has 1 fully saturated rings. The van der Waals surface area contributed by atoms with Crippen molar-refractivity contribution >= 4 is 5.91 Å². The van der Waals surface area contributed by atoms with Crippen LogP contribution in [-0.4, -0.2) is 24.0 Å². The van der Waals surface area contributed by atoms with E-state index in [4.69, 9.17) is 4.74 Å². The molecule has 1 heterocycles. The Morgan fingerprint density at radius 3 is 2.59 bits per heavy atom. The molecule has 0 saturated carbocycles. The zero-order chi connectivity index (χ0) is 12.4. The van der Waals surface area contributed by atoms with Crippen LogP contribution in [0.4, 0.5) is 0 Å². The van der Waals surface area contributed by atoms with Crippen molar-refractivity contribution in [2.75, 3.05) is 7.11 Å². The van der Waals surface area contributed by atoms with Crippen molar-refractivity contribution in [2.45, 2.75) is 25.4 Å². The van der Waals surface area contributed by atoms with Crippen LogP contribution in [0, 0.1) is 0 Å². The van der Waals surface area contributed by atoms with E-state index in [0.29, 0.717) is 6.42 Å². The van der Waals surface area contributed by atoms with Crippen LogP contribution in [0.15, 0.2) is 36.9 Å². The molecule has 1 saturated heterocycles. The van der Waals surface area contributed by atoms with Crippen LogP contribution in [-0.2, 0) is 4.79 Å². The average Bonchev–Trinajstić information content (AvgIpc) is 2.35. The van der Waals surface area contributed by atoms with Gasteiger partial charge in [-0.3, -0.25) is 4.79 Å². The Kier molecular flexibility index (Phi) is 3.18. The summed E-state index contributed by atoms with van der Waals surface area (Å²) in [4.78, 5) is 13.5. The summed E-state index contributed by atoms with van der Waals surface area (Å²) in [7, 11) is 1.64. The molecule has 0 spiro atoms. The first-order valence-corrected chi connectivity index (χ1v) is 5.75. The van der Waals surface area contributed by atoms with Crippen molar-refractivity contribution in [3.8, 4) is 5.75 Å². The first kappa shape index (κ1) is 11.7. The van der Waals surface area contributed by atoms with Gasteiger partial charge in [-0.05, 0) is 24.6 Å². The van der Waals surface area contributed by atoms with Crippen LogP contribution in [0.25, 0.3) is 0 Å². The van der Waals surface area contributed by atoms with Crippen molar-refractivity contribution < 1.29 is 9.53 Å². The number of amides is 1. The van der Waals surface area contributed by atoms with Crippen molar-refractivity contribution in [3.05, 3.63) is 42.5 Å². The summed E-state index contributed by atoms with van der Waals surface area (Å²) in [6.07, 6.45) is 2.42. The van der Waals surface area contributed by atoms with Crippen LogP contribution in [0.5, 0.6) is 5.75 Å². The number of hydrogen-bond donors (Lipinski definition) is 0. The molecule has 1 aromatic carbocycles. The highest BCUT2D eigenvalue weighted by Gasteiger charge is 2.37.